The Labute approximate surface area is 149 Å². The number of benzene rings is 2. The molecule has 3 nitrogen and oxygen atoms in total. The normalized spacial score (nSPS) is 18.9. The molecule has 0 saturated carbocycles. The number of hydrogen-bond acceptors (Lipinski definition) is 2. The van der Waals surface area contributed by atoms with E-state index in [1.54, 1.807) is 11.9 Å². The van der Waals surface area contributed by atoms with Gasteiger partial charge in [-0.2, -0.15) is 0 Å². The number of nitrogens with zero attached hydrogens (tertiary/aromatic N) is 1. The van der Waals surface area contributed by atoms with Crippen molar-refractivity contribution in [3.8, 4) is 0 Å². The van der Waals surface area contributed by atoms with Crippen LogP contribution in [0.5, 0.6) is 0 Å². The fourth-order valence-corrected chi connectivity index (χ4v) is 3.71. The van der Waals surface area contributed by atoms with Crippen molar-refractivity contribution in [2.24, 2.45) is 5.92 Å². The zero-order chi connectivity index (χ0) is 17.8. The number of Topliss-reactive ketones (excluding diaryl/α,β-unsaturated/α-hetero) is 1. The van der Waals surface area contributed by atoms with Crippen LogP contribution in [0.4, 0.5) is 0 Å². The van der Waals surface area contributed by atoms with E-state index in [1.165, 1.54) is 16.7 Å². The van der Waals surface area contributed by atoms with Crippen LogP contribution in [0.25, 0.3) is 0 Å². The standard InChI is InChI=1S/C22H25NO2/c1-16-8-6-7-11-19(16)20(17-9-4-3-5-10-17)14-21(24)18-12-13-22(25)23(2)15-18/h3-11,18,20H,12-15H2,1-2H3. The van der Waals surface area contributed by atoms with Gasteiger partial charge in [0.1, 0.15) is 5.78 Å². The molecular formula is C22H25NO2. The lowest BCUT2D eigenvalue weighted by Gasteiger charge is -2.30. The fourth-order valence-electron chi connectivity index (χ4n) is 3.71. The Balaban J connectivity index is 1.85. The second kappa shape index (κ2) is 7.64. The Kier molecular flexibility index (Phi) is 5.32. The van der Waals surface area contributed by atoms with Crippen molar-refractivity contribution >= 4 is 11.7 Å². The minimum absolute atomic E-state index is 0.0436. The van der Waals surface area contributed by atoms with E-state index < -0.39 is 0 Å². The van der Waals surface area contributed by atoms with E-state index in [9.17, 15) is 9.59 Å². The molecule has 0 radical (unpaired) electrons. The van der Waals surface area contributed by atoms with Crippen LogP contribution < -0.4 is 0 Å². The molecule has 0 bridgehead atoms. The lowest BCUT2D eigenvalue weighted by molar-refractivity contribution is -0.136. The molecule has 1 saturated heterocycles. The van der Waals surface area contributed by atoms with E-state index in [4.69, 9.17) is 0 Å². The summed E-state index contributed by atoms with van der Waals surface area (Å²) in [5, 5.41) is 0. The smallest absolute Gasteiger partial charge is 0.222 e. The van der Waals surface area contributed by atoms with Crippen LogP contribution in [0.3, 0.4) is 0 Å². The summed E-state index contributed by atoms with van der Waals surface area (Å²) in [6, 6.07) is 18.5. The lowest BCUT2D eigenvalue weighted by atomic mass is 9.81. The molecule has 2 aromatic carbocycles. The Bertz CT molecular complexity index is 754. The average molecular weight is 335 g/mol. The summed E-state index contributed by atoms with van der Waals surface area (Å²) in [5.41, 5.74) is 3.59. The Hall–Kier alpha value is -2.42. The number of amides is 1. The third kappa shape index (κ3) is 3.98. The molecule has 25 heavy (non-hydrogen) atoms. The first-order valence-corrected chi connectivity index (χ1v) is 8.93. The maximum atomic E-state index is 13.0. The SMILES string of the molecule is Cc1ccccc1C(CC(=O)C1CCC(=O)N(C)C1)c1ccccc1. The van der Waals surface area contributed by atoms with Gasteiger partial charge in [-0.15, -0.1) is 0 Å². The van der Waals surface area contributed by atoms with E-state index in [0.29, 0.717) is 25.8 Å². The summed E-state index contributed by atoms with van der Waals surface area (Å²) in [7, 11) is 1.79. The number of likely N-dealkylation sites (tertiary alicyclic amines) is 1. The number of rotatable bonds is 5. The third-order valence-corrected chi connectivity index (χ3v) is 5.25. The molecule has 0 N–H and O–H groups in total. The molecule has 2 atom stereocenters. The molecule has 2 aromatic rings. The van der Waals surface area contributed by atoms with Gasteiger partial charge in [0.2, 0.25) is 5.91 Å². The van der Waals surface area contributed by atoms with E-state index in [2.05, 4.69) is 31.2 Å². The summed E-state index contributed by atoms with van der Waals surface area (Å²) >= 11 is 0. The van der Waals surface area contributed by atoms with Crippen molar-refractivity contribution < 1.29 is 9.59 Å². The van der Waals surface area contributed by atoms with Gasteiger partial charge in [0.05, 0.1) is 0 Å². The summed E-state index contributed by atoms with van der Waals surface area (Å²) < 4.78 is 0. The van der Waals surface area contributed by atoms with Gasteiger partial charge in [-0.05, 0) is 30.0 Å². The second-order valence-electron chi connectivity index (χ2n) is 7.00. The Morgan fingerprint density at radius 1 is 1.12 bits per heavy atom. The highest BCUT2D eigenvalue weighted by Gasteiger charge is 2.30. The van der Waals surface area contributed by atoms with Gasteiger partial charge in [0, 0.05) is 38.3 Å². The Morgan fingerprint density at radius 3 is 2.48 bits per heavy atom. The summed E-state index contributed by atoms with van der Waals surface area (Å²) in [5.74, 6) is 0.426. The fraction of sp³-hybridized carbons (Fsp3) is 0.364. The van der Waals surface area contributed by atoms with Crippen LogP contribution in [0.15, 0.2) is 54.6 Å². The molecule has 3 rings (SSSR count). The number of carbonyl (C=O) groups excluding carboxylic acids is 2. The zero-order valence-corrected chi connectivity index (χ0v) is 14.9. The molecule has 0 aliphatic carbocycles. The van der Waals surface area contributed by atoms with Crippen LogP contribution in [0.1, 0.15) is 41.9 Å². The van der Waals surface area contributed by atoms with Crippen molar-refractivity contribution in [2.45, 2.75) is 32.1 Å². The number of ketones is 1. The lowest BCUT2D eigenvalue weighted by Crippen LogP contribution is -2.40. The number of carbonyl (C=O) groups is 2. The highest BCUT2D eigenvalue weighted by Crippen LogP contribution is 2.32. The topological polar surface area (TPSA) is 37.4 Å². The molecule has 1 aliphatic rings. The van der Waals surface area contributed by atoms with Gasteiger partial charge in [0.15, 0.2) is 0 Å². The van der Waals surface area contributed by atoms with E-state index >= 15 is 0 Å². The zero-order valence-electron chi connectivity index (χ0n) is 14.9. The minimum atomic E-state index is -0.0436. The first-order chi connectivity index (χ1) is 12.1. The van der Waals surface area contributed by atoms with E-state index in [1.807, 2.05) is 30.3 Å². The molecule has 1 amide bonds. The molecule has 3 heteroatoms. The average Bonchev–Trinajstić information content (AvgIpc) is 2.63. The highest BCUT2D eigenvalue weighted by molar-refractivity contribution is 5.86. The van der Waals surface area contributed by atoms with Crippen LogP contribution >= 0.6 is 0 Å². The molecule has 1 fully saturated rings. The van der Waals surface area contributed by atoms with Gasteiger partial charge in [0.25, 0.3) is 0 Å². The van der Waals surface area contributed by atoms with E-state index in [0.717, 1.165) is 0 Å². The largest absolute Gasteiger partial charge is 0.345 e. The van der Waals surface area contributed by atoms with Crippen molar-refractivity contribution in [1.29, 1.82) is 0 Å². The van der Waals surface area contributed by atoms with Crippen LogP contribution in [0.2, 0.25) is 0 Å². The predicted octanol–water partition coefficient (Wildman–Crippen LogP) is 3.95. The second-order valence-corrected chi connectivity index (χ2v) is 7.00. The van der Waals surface area contributed by atoms with Crippen molar-refractivity contribution in [2.75, 3.05) is 13.6 Å². The first kappa shape index (κ1) is 17.4. The molecule has 2 unspecified atom stereocenters. The molecule has 1 aliphatic heterocycles. The van der Waals surface area contributed by atoms with Gasteiger partial charge < -0.3 is 4.90 Å². The van der Waals surface area contributed by atoms with Gasteiger partial charge in [-0.1, -0.05) is 54.6 Å². The first-order valence-electron chi connectivity index (χ1n) is 8.93. The Morgan fingerprint density at radius 2 is 1.80 bits per heavy atom. The number of hydrogen-bond donors (Lipinski definition) is 0. The third-order valence-electron chi connectivity index (χ3n) is 5.25. The van der Waals surface area contributed by atoms with Gasteiger partial charge >= 0.3 is 0 Å². The maximum absolute atomic E-state index is 13.0. The van der Waals surface area contributed by atoms with Crippen LogP contribution in [0, 0.1) is 12.8 Å². The summed E-state index contributed by atoms with van der Waals surface area (Å²) in [6.45, 7) is 2.65. The van der Waals surface area contributed by atoms with Gasteiger partial charge in [-0.3, -0.25) is 9.59 Å². The van der Waals surface area contributed by atoms with Crippen molar-refractivity contribution in [3.63, 3.8) is 0 Å². The highest BCUT2D eigenvalue weighted by atomic mass is 16.2. The number of aryl methyl sites for hydroxylation is 1. The summed E-state index contributed by atoms with van der Waals surface area (Å²) in [6.07, 6.45) is 1.64. The number of piperidine rings is 1. The molecule has 1 heterocycles. The molecule has 130 valence electrons. The predicted molar refractivity (Wildman–Crippen MR) is 99.4 cm³/mol. The minimum Gasteiger partial charge on any atom is -0.345 e. The molecule has 0 spiro atoms. The van der Waals surface area contributed by atoms with E-state index in [-0.39, 0.29) is 23.5 Å². The van der Waals surface area contributed by atoms with Gasteiger partial charge in [-0.25, -0.2) is 0 Å². The van der Waals surface area contributed by atoms with Crippen LogP contribution in [-0.4, -0.2) is 30.2 Å². The quantitative estimate of drug-likeness (QED) is 0.829. The van der Waals surface area contributed by atoms with Crippen molar-refractivity contribution in [1.82, 2.24) is 4.90 Å². The van der Waals surface area contributed by atoms with Crippen LogP contribution in [-0.2, 0) is 9.59 Å². The molecular weight excluding hydrogens is 310 g/mol. The monoisotopic (exact) mass is 335 g/mol. The van der Waals surface area contributed by atoms with Crippen molar-refractivity contribution in [3.05, 3.63) is 71.3 Å². The molecule has 0 aromatic heterocycles. The maximum Gasteiger partial charge on any atom is 0.222 e. The summed E-state index contributed by atoms with van der Waals surface area (Å²) in [4.78, 5) is 26.4.